The fourth-order valence-corrected chi connectivity index (χ4v) is 3.71. The zero-order valence-electron chi connectivity index (χ0n) is 16.0. The van der Waals surface area contributed by atoms with E-state index in [9.17, 15) is 24.6 Å². The van der Waals surface area contributed by atoms with Crippen LogP contribution in [0.3, 0.4) is 0 Å². The van der Waals surface area contributed by atoms with E-state index in [4.69, 9.17) is 5.26 Å². The minimum atomic E-state index is -1.59. The van der Waals surface area contributed by atoms with Gasteiger partial charge in [-0.2, -0.15) is 10.1 Å². The Bertz CT molecular complexity index is 776. The fourth-order valence-electron chi connectivity index (χ4n) is 3.71. The topological polar surface area (TPSA) is 119 Å². The Morgan fingerprint density at radius 3 is 2.39 bits per heavy atom. The van der Waals surface area contributed by atoms with Crippen molar-refractivity contribution in [2.75, 3.05) is 13.1 Å². The predicted molar refractivity (Wildman–Crippen MR) is 100 cm³/mol. The van der Waals surface area contributed by atoms with Crippen LogP contribution < -0.4 is 0 Å². The van der Waals surface area contributed by atoms with E-state index in [-0.39, 0.29) is 19.6 Å². The number of rotatable bonds is 9. The van der Waals surface area contributed by atoms with Gasteiger partial charge in [0.1, 0.15) is 13.1 Å². The number of urea groups is 1. The molecule has 1 aliphatic heterocycles. The molecular weight excluding hydrogens is 362 g/mol. The number of imide groups is 1. The number of carboxylic acids is 1. The molecule has 1 unspecified atom stereocenters. The summed E-state index contributed by atoms with van der Waals surface area (Å²) < 4.78 is -0.957. The van der Waals surface area contributed by atoms with E-state index >= 15 is 0 Å². The minimum Gasteiger partial charge on any atom is -0.479 e. The van der Waals surface area contributed by atoms with Crippen molar-refractivity contribution in [1.29, 1.82) is 5.26 Å². The third kappa shape index (κ3) is 4.15. The maximum atomic E-state index is 13.2. The molecule has 8 heteroatoms. The number of nitrogens with zero attached hydrogens (tertiary/aromatic N) is 3. The number of nitriles is 1. The average molecular weight is 388 g/mol. The summed E-state index contributed by atoms with van der Waals surface area (Å²) in [6.45, 7) is 1.16. The Kier molecular flexibility index (Phi) is 6.75. The number of carboxylic acid groups (broad SMARTS) is 2. The molecule has 1 aromatic carbocycles. The molecule has 1 aliphatic rings. The first kappa shape index (κ1) is 21.4. The molecule has 1 heterocycles. The second-order valence-electron chi connectivity index (χ2n) is 7.39. The van der Waals surface area contributed by atoms with Gasteiger partial charge in [0.05, 0.1) is 6.07 Å². The first-order valence-electron chi connectivity index (χ1n) is 9.35. The molecule has 0 saturated carbocycles. The van der Waals surface area contributed by atoms with Crippen LogP contribution in [0.1, 0.15) is 44.6 Å². The number of amides is 3. The quantitative estimate of drug-likeness (QED) is 0.494. The molecule has 2 rings (SSSR count). The van der Waals surface area contributed by atoms with Gasteiger partial charge in [0.15, 0.2) is 5.54 Å². The molecule has 1 saturated heterocycles. The van der Waals surface area contributed by atoms with E-state index in [1.54, 1.807) is 30.3 Å². The highest BCUT2D eigenvalue weighted by atomic mass is 16.4. The average Bonchev–Trinajstić information content (AvgIpc) is 2.88. The molecule has 2 N–H and O–H groups in total. The third-order valence-electron chi connectivity index (χ3n) is 5.31. The van der Waals surface area contributed by atoms with Crippen molar-refractivity contribution in [3.05, 3.63) is 35.9 Å². The first-order valence-corrected chi connectivity index (χ1v) is 9.35. The summed E-state index contributed by atoms with van der Waals surface area (Å²) in [7, 11) is 0. The molecule has 0 bridgehead atoms. The number of quaternary nitrogens is 1. The molecule has 1 aromatic rings. The Balaban J connectivity index is 2.24. The van der Waals surface area contributed by atoms with E-state index < -0.39 is 28.1 Å². The van der Waals surface area contributed by atoms with Gasteiger partial charge in [-0.1, -0.05) is 43.2 Å². The van der Waals surface area contributed by atoms with Crippen LogP contribution >= 0.6 is 0 Å². The van der Waals surface area contributed by atoms with Gasteiger partial charge < -0.3 is 10.2 Å². The largest absolute Gasteiger partial charge is 0.523 e. The summed E-state index contributed by atoms with van der Waals surface area (Å²) >= 11 is 0. The number of carbonyl (C=O) groups is 3. The molecule has 1 fully saturated rings. The Labute approximate surface area is 164 Å². The fraction of sp³-hybridized carbons (Fsp3) is 0.500. The van der Waals surface area contributed by atoms with Crippen molar-refractivity contribution in [2.24, 2.45) is 0 Å². The van der Waals surface area contributed by atoms with Gasteiger partial charge in [0.2, 0.25) is 0 Å². The lowest BCUT2D eigenvalue weighted by molar-refractivity contribution is -0.783. The zero-order chi connectivity index (χ0) is 20.8. The van der Waals surface area contributed by atoms with Crippen LogP contribution in [0.4, 0.5) is 9.59 Å². The van der Waals surface area contributed by atoms with Crippen LogP contribution in [-0.4, -0.2) is 56.3 Å². The van der Waals surface area contributed by atoms with Gasteiger partial charge in [-0.3, -0.25) is 4.90 Å². The lowest BCUT2D eigenvalue weighted by Crippen LogP contribution is -2.54. The highest BCUT2D eigenvalue weighted by Crippen LogP contribution is 2.35. The Morgan fingerprint density at radius 2 is 1.82 bits per heavy atom. The van der Waals surface area contributed by atoms with Gasteiger partial charge in [0.25, 0.3) is 0 Å². The monoisotopic (exact) mass is 388 g/mol. The summed E-state index contributed by atoms with van der Waals surface area (Å²) in [6, 6.07) is 10.1. The minimum absolute atomic E-state index is 0.101. The van der Waals surface area contributed by atoms with Crippen molar-refractivity contribution in [3.63, 3.8) is 0 Å². The van der Waals surface area contributed by atoms with Crippen molar-refractivity contribution in [2.45, 2.75) is 51.1 Å². The van der Waals surface area contributed by atoms with Gasteiger partial charge in [-0.25, -0.2) is 9.59 Å². The Morgan fingerprint density at radius 1 is 1.18 bits per heavy atom. The van der Waals surface area contributed by atoms with E-state index in [1.165, 1.54) is 11.8 Å². The molecule has 0 radical (unpaired) electrons. The van der Waals surface area contributed by atoms with Gasteiger partial charge in [-0.15, -0.1) is 4.48 Å². The molecular formula is C20H26N3O5+. The number of aliphatic carboxylic acids is 1. The summed E-state index contributed by atoms with van der Waals surface area (Å²) in [5, 5.41) is 28.2. The summed E-state index contributed by atoms with van der Waals surface area (Å²) in [6.07, 6.45) is 1.98. The second kappa shape index (κ2) is 8.85. The number of benzene rings is 1. The maximum Gasteiger partial charge on any atom is 0.523 e. The van der Waals surface area contributed by atoms with Crippen LogP contribution in [0.2, 0.25) is 0 Å². The second-order valence-corrected chi connectivity index (χ2v) is 7.39. The van der Waals surface area contributed by atoms with Crippen molar-refractivity contribution >= 4 is 18.1 Å². The van der Waals surface area contributed by atoms with E-state index in [2.05, 4.69) is 6.07 Å². The molecule has 0 aromatic heterocycles. The summed E-state index contributed by atoms with van der Waals surface area (Å²) in [5.74, 6) is -1.21. The molecule has 0 spiro atoms. The van der Waals surface area contributed by atoms with Crippen molar-refractivity contribution in [3.8, 4) is 6.07 Å². The van der Waals surface area contributed by atoms with Crippen molar-refractivity contribution < 1.29 is 29.1 Å². The molecule has 8 nitrogen and oxygen atoms in total. The van der Waals surface area contributed by atoms with Crippen LogP contribution in [0.5, 0.6) is 0 Å². The number of hydrogen-bond donors (Lipinski definition) is 2. The number of unbranched alkanes of at least 4 members (excludes halogenated alkanes) is 4. The zero-order valence-corrected chi connectivity index (χ0v) is 16.0. The highest BCUT2D eigenvalue weighted by molar-refractivity contribution is 5.90. The molecule has 2 atom stereocenters. The van der Waals surface area contributed by atoms with Crippen LogP contribution in [0, 0.1) is 11.3 Å². The number of hydrogen-bond acceptors (Lipinski definition) is 4. The SMILES string of the molecule is C[C@]1(C(=O)O)C[N+](Cc2ccccc2)(C(=O)O)C(=O)N1CCCCCCC#N. The predicted octanol–water partition coefficient (Wildman–Crippen LogP) is 3.43. The molecule has 3 amide bonds. The van der Waals surface area contributed by atoms with Crippen molar-refractivity contribution in [1.82, 2.24) is 4.90 Å². The van der Waals surface area contributed by atoms with E-state index in [0.29, 0.717) is 18.4 Å². The van der Waals surface area contributed by atoms with Gasteiger partial charge in [0, 0.05) is 18.5 Å². The maximum absolute atomic E-state index is 13.2. The summed E-state index contributed by atoms with van der Waals surface area (Å²) in [4.78, 5) is 38.5. The number of carbonyl (C=O) groups excluding carboxylic acids is 1. The molecule has 28 heavy (non-hydrogen) atoms. The van der Waals surface area contributed by atoms with Crippen LogP contribution in [0.25, 0.3) is 0 Å². The molecule has 0 aliphatic carbocycles. The standard InChI is InChI=1S/C20H25N3O5/c1-20(17(24)25)15-23(19(27)28,14-16-10-6-5-7-11-16)18(26)22(20)13-9-4-2-3-8-12-21/h5-7,10-11H,2-4,8-9,13-15H2,1H3,(H-,24,25,27,28)/p+1/t20-,23?/m1/s1. The third-order valence-corrected chi connectivity index (χ3v) is 5.31. The van der Waals surface area contributed by atoms with Crippen LogP contribution in [-0.2, 0) is 11.3 Å². The van der Waals surface area contributed by atoms with E-state index in [1.807, 2.05) is 0 Å². The van der Waals surface area contributed by atoms with E-state index in [0.717, 1.165) is 19.3 Å². The summed E-state index contributed by atoms with van der Waals surface area (Å²) in [5.41, 5.74) is -0.930. The Hall–Kier alpha value is -2.92. The van der Waals surface area contributed by atoms with Crippen LogP contribution in [0.15, 0.2) is 30.3 Å². The highest BCUT2D eigenvalue weighted by Gasteiger charge is 2.66. The lowest BCUT2D eigenvalue weighted by Gasteiger charge is -2.26. The first-order chi connectivity index (χ1) is 13.3. The molecule has 150 valence electrons. The lowest BCUT2D eigenvalue weighted by atomic mass is 10.0. The normalized spacial score (nSPS) is 24.1. The smallest absolute Gasteiger partial charge is 0.479 e. The van der Waals surface area contributed by atoms with Gasteiger partial charge in [-0.05, 0) is 19.8 Å². The van der Waals surface area contributed by atoms with Gasteiger partial charge >= 0.3 is 18.1 Å².